The Labute approximate surface area is 168 Å². The minimum absolute atomic E-state index is 0.317. The first-order chi connectivity index (χ1) is 14.0. The van der Waals surface area contributed by atoms with Gasteiger partial charge in [-0.25, -0.2) is 9.82 Å². The van der Waals surface area contributed by atoms with Crippen LogP contribution < -0.4 is 5.43 Å². The van der Waals surface area contributed by atoms with Crippen LogP contribution in [0.4, 0.5) is 4.39 Å². The highest BCUT2D eigenvalue weighted by Gasteiger charge is 2.19. The number of aromatic amines is 1. The first-order valence-electron chi connectivity index (χ1n) is 9.30. The highest BCUT2D eigenvalue weighted by molar-refractivity contribution is 6.09. The second kappa shape index (κ2) is 7.72. The molecular formula is C24H20FN3O. The normalized spacial score (nSPS) is 11.3. The van der Waals surface area contributed by atoms with E-state index in [0.717, 1.165) is 27.6 Å². The van der Waals surface area contributed by atoms with Gasteiger partial charge in [0, 0.05) is 16.5 Å². The van der Waals surface area contributed by atoms with Gasteiger partial charge in [-0.3, -0.25) is 4.79 Å². The Kier molecular flexibility index (Phi) is 4.96. The monoisotopic (exact) mass is 385 g/mol. The molecule has 0 atom stereocenters. The minimum Gasteiger partial charge on any atom is -0.350 e. The van der Waals surface area contributed by atoms with Crippen LogP contribution in [0.1, 0.15) is 27.2 Å². The summed E-state index contributed by atoms with van der Waals surface area (Å²) in [6.45, 7) is 4.12. The maximum Gasteiger partial charge on any atom is 0.288 e. The maximum absolute atomic E-state index is 13.0. The van der Waals surface area contributed by atoms with Gasteiger partial charge in [0.2, 0.25) is 0 Å². The summed E-state index contributed by atoms with van der Waals surface area (Å²) >= 11 is 0. The highest BCUT2D eigenvalue weighted by atomic mass is 19.1. The van der Waals surface area contributed by atoms with Crippen LogP contribution in [0, 0.1) is 19.7 Å². The van der Waals surface area contributed by atoms with E-state index < -0.39 is 0 Å². The van der Waals surface area contributed by atoms with Crippen molar-refractivity contribution in [2.45, 2.75) is 13.8 Å². The molecule has 1 amide bonds. The summed E-state index contributed by atoms with van der Waals surface area (Å²) in [6.07, 6.45) is 1.48. The zero-order valence-electron chi connectivity index (χ0n) is 16.2. The molecule has 0 aliphatic rings. The first kappa shape index (κ1) is 18.6. The van der Waals surface area contributed by atoms with E-state index >= 15 is 0 Å². The quantitative estimate of drug-likeness (QED) is 0.361. The number of hydrogen-bond donors (Lipinski definition) is 2. The van der Waals surface area contributed by atoms with Crippen LogP contribution in [0.5, 0.6) is 0 Å². The fourth-order valence-corrected chi connectivity index (χ4v) is 3.28. The third kappa shape index (κ3) is 3.80. The van der Waals surface area contributed by atoms with Gasteiger partial charge in [0.25, 0.3) is 5.91 Å². The largest absolute Gasteiger partial charge is 0.350 e. The number of hydrogen-bond acceptors (Lipinski definition) is 2. The van der Waals surface area contributed by atoms with E-state index in [1.165, 1.54) is 23.9 Å². The summed E-state index contributed by atoms with van der Waals surface area (Å²) in [4.78, 5) is 16.1. The lowest BCUT2D eigenvalue weighted by Crippen LogP contribution is -2.18. The molecule has 29 heavy (non-hydrogen) atoms. The predicted molar refractivity (Wildman–Crippen MR) is 115 cm³/mol. The lowest BCUT2D eigenvalue weighted by molar-refractivity contribution is 0.0951. The number of amides is 1. The molecule has 0 spiro atoms. The molecule has 0 radical (unpaired) electrons. The highest BCUT2D eigenvalue weighted by Crippen LogP contribution is 2.33. The van der Waals surface area contributed by atoms with Gasteiger partial charge in [-0.05, 0) is 54.3 Å². The van der Waals surface area contributed by atoms with Crippen molar-refractivity contribution in [3.8, 4) is 11.1 Å². The van der Waals surface area contributed by atoms with Gasteiger partial charge in [0.15, 0.2) is 0 Å². The average Bonchev–Trinajstić information content (AvgIpc) is 3.11. The Bertz CT molecular complexity index is 1220. The van der Waals surface area contributed by atoms with Crippen molar-refractivity contribution in [2.75, 3.05) is 0 Å². The number of carbonyl (C=O) groups is 1. The van der Waals surface area contributed by atoms with Gasteiger partial charge in [0.1, 0.15) is 11.5 Å². The standard InChI is InChI=1S/C24H20FN3O/c1-15-7-10-18(13-16(15)2)22-20-5-3-4-6-21(20)27-23(22)24(29)28-26-14-17-8-11-19(25)12-9-17/h3-14,27H,1-2H3,(H,28,29)/b26-14-. The Morgan fingerprint density at radius 2 is 1.76 bits per heavy atom. The zero-order valence-corrected chi connectivity index (χ0v) is 16.2. The molecule has 0 aliphatic heterocycles. The molecule has 5 heteroatoms. The number of aromatic nitrogens is 1. The molecule has 0 aliphatic carbocycles. The average molecular weight is 385 g/mol. The van der Waals surface area contributed by atoms with Crippen LogP contribution >= 0.6 is 0 Å². The topological polar surface area (TPSA) is 57.2 Å². The summed E-state index contributed by atoms with van der Waals surface area (Å²) in [7, 11) is 0. The number of aryl methyl sites for hydroxylation is 2. The number of benzene rings is 3. The summed E-state index contributed by atoms with van der Waals surface area (Å²) < 4.78 is 13.0. The fraction of sp³-hybridized carbons (Fsp3) is 0.0833. The number of nitrogens with zero attached hydrogens (tertiary/aromatic N) is 1. The molecule has 1 aromatic heterocycles. The molecule has 144 valence electrons. The van der Waals surface area contributed by atoms with E-state index in [2.05, 4.69) is 41.5 Å². The van der Waals surface area contributed by atoms with Crippen LogP contribution in [0.15, 0.2) is 71.8 Å². The van der Waals surface area contributed by atoms with Crippen LogP contribution in [0.2, 0.25) is 0 Å². The predicted octanol–water partition coefficient (Wildman–Crippen LogP) is 5.35. The maximum atomic E-state index is 13.0. The molecule has 0 fully saturated rings. The molecule has 2 N–H and O–H groups in total. The van der Waals surface area contributed by atoms with Crippen LogP contribution in [0.25, 0.3) is 22.0 Å². The first-order valence-corrected chi connectivity index (χ1v) is 9.30. The number of H-pyrrole nitrogens is 1. The summed E-state index contributed by atoms with van der Waals surface area (Å²) in [5.74, 6) is -0.657. The van der Waals surface area contributed by atoms with Crippen molar-refractivity contribution in [1.82, 2.24) is 10.4 Å². The smallest absolute Gasteiger partial charge is 0.288 e. The zero-order chi connectivity index (χ0) is 20.4. The molecular weight excluding hydrogens is 365 g/mol. The Morgan fingerprint density at radius 3 is 2.52 bits per heavy atom. The van der Waals surface area contributed by atoms with Crippen LogP contribution in [-0.2, 0) is 0 Å². The summed E-state index contributed by atoms with van der Waals surface area (Å²) in [6, 6.07) is 19.9. The number of para-hydroxylation sites is 1. The summed E-state index contributed by atoms with van der Waals surface area (Å²) in [5, 5.41) is 4.99. The fourth-order valence-electron chi connectivity index (χ4n) is 3.28. The van der Waals surface area contributed by atoms with Gasteiger partial charge in [0.05, 0.1) is 6.21 Å². The molecule has 0 unspecified atom stereocenters. The Morgan fingerprint density at radius 1 is 1.00 bits per heavy atom. The van der Waals surface area contributed by atoms with Crippen molar-refractivity contribution in [3.63, 3.8) is 0 Å². The van der Waals surface area contributed by atoms with Crippen LogP contribution in [-0.4, -0.2) is 17.1 Å². The Hall–Kier alpha value is -3.73. The molecule has 0 saturated heterocycles. The number of halogens is 1. The Balaban J connectivity index is 1.70. The van der Waals surface area contributed by atoms with Crippen molar-refractivity contribution in [3.05, 3.63) is 94.9 Å². The van der Waals surface area contributed by atoms with E-state index in [1.54, 1.807) is 12.1 Å². The number of fused-ring (bicyclic) bond motifs is 1. The van der Waals surface area contributed by atoms with E-state index in [0.29, 0.717) is 11.3 Å². The van der Waals surface area contributed by atoms with Gasteiger partial charge >= 0.3 is 0 Å². The minimum atomic E-state index is -0.340. The van der Waals surface area contributed by atoms with Crippen LogP contribution in [0.3, 0.4) is 0 Å². The van der Waals surface area contributed by atoms with Crippen molar-refractivity contribution < 1.29 is 9.18 Å². The van der Waals surface area contributed by atoms with E-state index in [4.69, 9.17) is 0 Å². The second-order valence-corrected chi connectivity index (χ2v) is 6.97. The number of rotatable bonds is 4. The SMILES string of the molecule is Cc1ccc(-c2c(C(=O)N/N=C\c3ccc(F)cc3)[nH]c3ccccc23)cc1C. The molecule has 4 rings (SSSR count). The number of carbonyl (C=O) groups excluding carboxylic acids is 1. The third-order valence-electron chi connectivity index (χ3n) is 4.98. The van der Waals surface area contributed by atoms with Gasteiger partial charge in [-0.1, -0.05) is 48.5 Å². The van der Waals surface area contributed by atoms with E-state index in [1.807, 2.05) is 30.3 Å². The molecule has 4 aromatic rings. The lowest BCUT2D eigenvalue weighted by atomic mass is 9.98. The third-order valence-corrected chi connectivity index (χ3v) is 4.98. The van der Waals surface area contributed by atoms with E-state index in [9.17, 15) is 9.18 Å². The van der Waals surface area contributed by atoms with Crippen molar-refractivity contribution in [2.24, 2.45) is 5.10 Å². The molecule has 0 bridgehead atoms. The van der Waals surface area contributed by atoms with Gasteiger partial charge < -0.3 is 4.98 Å². The lowest BCUT2D eigenvalue weighted by Gasteiger charge is -2.07. The van der Waals surface area contributed by atoms with Gasteiger partial charge in [-0.2, -0.15) is 5.10 Å². The van der Waals surface area contributed by atoms with Gasteiger partial charge in [-0.15, -0.1) is 0 Å². The number of hydrazone groups is 1. The second-order valence-electron chi connectivity index (χ2n) is 6.97. The summed E-state index contributed by atoms with van der Waals surface area (Å²) in [5.41, 5.74) is 8.76. The molecule has 1 heterocycles. The number of nitrogens with one attached hydrogen (secondary N) is 2. The molecule has 0 saturated carbocycles. The van der Waals surface area contributed by atoms with E-state index in [-0.39, 0.29) is 11.7 Å². The molecule has 3 aromatic carbocycles. The van der Waals surface area contributed by atoms with Crippen molar-refractivity contribution in [1.29, 1.82) is 0 Å². The van der Waals surface area contributed by atoms with Crippen molar-refractivity contribution >= 4 is 23.0 Å². The molecule has 4 nitrogen and oxygen atoms in total.